The van der Waals surface area contributed by atoms with E-state index in [0.717, 1.165) is 41.0 Å². The molecule has 0 spiro atoms. The Hall–Kier alpha value is -2.65. The Balaban J connectivity index is 1.67. The van der Waals surface area contributed by atoms with Crippen molar-refractivity contribution in [1.29, 1.82) is 0 Å². The van der Waals surface area contributed by atoms with Crippen molar-refractivity contribution in [2.45, 2.75) is 25.7 Å². The molecule has 0 aliphatic heterocycles. The van der Waals surface area contributed by atoms with Gasteiger partial charge < -0.3 is 10.4 Å². The molecule has 3 nitrogen and oxygen atoms in total. The highest BCUT2D eigenvalue weighted by Gasteiger charge is 2.18. The molecule has 0 atom stereocenters. The standard InChI is InChI=1S/C22H22N2O/c25-14-13-16-9-11-18(12-10-16)23-22-15-21(17-5-2-1-3-6-17)24-20-8-4-7-19(20)22/h1-3,5-6,9-12,15,25H,4,7-8,13-14H2,(H,23,24). The topological polar surface area (TPSA) is 45.1 Å². The third-order valence-corrected chi connectivity index (χ3v) is 4.75. The number of nitrogens with zero attached hydrogens (tertiary/aromatic N) is 1. The lowest BCUT2D eigenvalue weighted by atomic mass is 10.1. The zero-order valence-corrected chi connectivity index (χ0v) is 14.2. The lowest BCUT2D eigenvalue weighted by Gasteiger charge is -2.14. The van der Waals surface area contributed by atoms with Crippen molar-refractivity contribution in [3.05, 3.63) is 77.5 Å². The minimum absolute atomic E-state index is 0.186. The third kappa shape index (κ3) is 3.42. The minimum atomic E-state index is 0.186. The first-order valence-corrected chi connectivity index (χ1v) is 8.88. The fourth-order valence-electron chi connectivity index (χ4n) is 3.45. The molecule has 3 heteroatoms. The summed E-state index contributed by atoms with van der Waals surface area (Å²) < 4.78 is 0. The van der Waals surface area contributed by atoms with Gasteiger partial charge in [-0.1, -0.05) is 42.5 Å². The van der Waals surface area contributed by atoms with Crippen molar-refractivity contribution in [2.75, 3.05) is 11.9 Å². The number of benzene rings is 2. The number of hydrogen-bond acceptors (Lipinski definition) is 3. The van der Waals surface area contributed by atoms with Crippen LogP contribution in [-0.2, 0) is 19.3 Å². The van der Waals surface area contributed by atoms with E-state index < -0.39 is 0 Å². The van der Waals surface area contributed by atoms with E-state index in [9.17, 15) is 0 Å². The van der Waals surface area contributed by atoms with Gasteiger partial charge >= 0.3 is 0 Å². The second-order valence-corrected chi connectivity index (χ2v) is 6.50. The van der Waals surface area contributed by atoms with Gasteiger partial charge in [-0.15, -0.1) is 0 Å². The molecule has 1 aliphatic carbocycles. The monoisotopic (exact) mass is 330 g/mol. The second kappa shape index (κ2) is 7.08. The average Bonchev–Trinajstić information content (AvgIpc) is 3.13. The Morgan fingerprint density at radius 3 is 2.52 bits per heavy atom. The molecule has 0 amide bonds. The summed E-state index contributed by atoms with van der Waals surface area (Å²) in [5, 5.41) is 12.6. The molecule has 126 valence electrons. The van der Waals surface area contributed by atoms with Crippen molar-refractivity contribution in [1.82, 2.24) is 4.98 Å². The van der Waals surface area contributed by atoms with Gasteiger partial charge in [0.1, 0.15) is 0 Å². The van der Waals surface area contributed by atoms with E-state index >= 15 is 0 Å². The summed E-state index contributed by atoms with van der Waals surface area (Å²) in [4.78, 5) is 4.90. The van der Waals surface area contributed by atoms with E-state index in [1.165, 1.54) is 17.7 Å². The molecule has 0 bridgehead atoms. The van der Waals surface area contributed by atoms with Gasteiger partial charge in [-0.25, -0.2) is 0 Å². The van der Waals surface area contributed by atoms with Crippen molar-refractivity contribution in [3.8, 4) is 11.3 Å². The number of pyridine rings is 1. The lowest BCUT2D eigenvalue weighted by Crippen LogP contribution is -2.00. The number of anilines is 2. The van der Waals surface area contributed by atoms with Gasteiger partial charge in [0, 0.05) is 29.2 Å². The van der Waals surface area contributed by atoms with Gasteiger partial charge in [0.15, 0.2) is 0 Å². The number of hydrogen-bond donors (Lipinski definition) is 2. The molecule has 2 aromatic carbocycles. The van der Waals surface area contributed by atoms with E-state index in [1.54, 1.807) is 0 Å². The fraction of sp³-hybridized carbons (Fsp3) is 0.227. The Morgan fingerprint density at radius 2 is 1.76 bits per heavy atom. The minimum Gasteiger partial charge on any atom is -0.396 e. The van der Waals surface area contributed by atoms with Crippen LogP contribution in [0, 0.1) is 0 Å². The highest BCUT2D eigenvalue weighted by molar-refractivity contribution is 5.72. The Kier molecular flexibility index (Phi) is 4.49. The summed E-state index contributed by atoms with van der Waals surface area (Å²) in [7, 11) is 0. The second-order valence-electron chi connectivity index (χ2n) is 6.50. The van der Waals surface area contributed by atoms with Gasteiger partial charge in [-0.2, -0.15) is 0 Å². The Bertz CT molecular complexity index is 857. The number of nitrogens with one attached hydrogen (secondary N) is 1. The first kappa shape index (κ1) is 15.9. The maximum atomic E-state index is 9.05. The van der Waals surface area contributed by atoms with Crippen LogP contribution in [0.2, 0.25) is 0 Å². The Morgan fingerprint density at radius 1 is 0.960 bits per heavy atom. The van der Waals surface area contributed by atoms with Crippen LogP contribution in [0.1, 0.15) is 23.2 Å². The molecule has 2 N–H and O–H groups in total. The van der Waals surface area contributed by atoms with Crippen LogP contribution in [0.4, 0.5) is 11.4 Å². The molecule has 0 unspecified atom stereocenters. The number of aromatic nitrogens is 1. The molecule has 1 aliphatic rings. The van der Waals surface area contributed by atoms with Gasteiger partial charge in [-0.3, -0.25) is 4.98 Å². The van der Waals surface area contributed by atoms with Crippen LogP contribution in [0.25, 0.3) is 11.3 Å². The van der Waals surface area contributed by atoms with E-state index in [4.69, 9.17) is 10.1 Å². The quantitative estimate of drug-likeness (QED) is 0.723. The van der Waals surface area contributed by atoms with E-state index in [0.29, 0.717) is 6.42 Å². The van der Waals surface area contributed by atoms with Crippen LogP contribution in [0.3, 0.4) is 0 Å². The number of aryl methyl sites for hydroxylation is 1. The molecule has 1 aromatic heterocycles. The van der Waals surface area contributed by atoms with Crippen molar-refractivity contribution < 1.29 is 5.11 Å². The van der Waals surface area contributed by atoms with Crippen LogP contribution in [-0.4, -0.2) is 16.7 Å². The average molecular weight is 330 g/mol. The number of aliphatic hydroxyl groups is 1. The number of rotatable bonds is 5. The summed E-state index contributed by atoms with van der Waals surface area (Å²) in [6.07, 6.45) is 4.01. The first-order chi connectivity index (χ1) is 12.3. The molecule has 3 aromatic rings. The van der Waals surface area contributed by atoms with Crippen LogP contribution in [0.15, 0.2) is 60.7 Å². The summed E-state index contributed by atoms with van der Waals surface area (Å²) in [6, 6.07) is 20.8. The van der Waals surface area contributed by atoms with E-state index in [-0.39, 0.29) is 6.61 Å². The smallest absolute Gasteiger partial charge is 0.0726 e. The molecule has 0 fully saturated rings. The highest BCUT2D eigenvalue weighted by Crippen LogP contribution is 2.33. The summed E-state index contributed by atoms with van der Waals surface area (Å²) in [5.74, 6) is 0. The van der Waals surface area contributed by atoms with E-state index in [2.05, 4.69) is 59.9 Å². The van der Waals surface area contributed by atoms with Crippen molar-refractivity contribution >= 4 is 11.4 Å². The third-order valence-electron chi connectivity index (χ3n) is 4.75. The molecule has 1 heterocycles. The largest absolute Gasteiger partial charge is 0.396 e. The SMILES string of the molecule is OCCc1ccc(Nc2cc(-c3ccccc3)nc3c2CCC3)cc1. The summed E-state index contributed by atoms with van der Waals surface area (Å²) in [5.41, 5.74) is 8.13. The van der Waals surface area contributed by atoms with Crippen LogP contribution >= 0.6 is 0 Å². The molecular formula is C22H22N2O. The predicted molar refractivity (Wildman–Crippen MR) is 102 cm³/mol. The maximum absolute atomic E-state index is 9.05. The summed E-state index contributed by atoms with van der Waals surface area (Å²) >= 11 is 0. The van der Waals surface area contributed by atoms with Gasteiger partial charge in [0.2, 0.25) is 0 Å². The van der Waals surface area contributed by atoms with Crippen molar-refractivity contribution in [3.63, 3.8) is 0 Å². The molecule has 0 saturated heterocycles. The normalized spacial score (nSPS) is 12.8. The fourth-order valence-corrected chi connectivity index (χ4v) is 3.45. The molecular weight excluding hydrogens is 308 g/mol. The summed E-state index contributed by atoms with van der Waals surface area (Å²) in [6.45, 7) is 0.186. The molecule has 25 heavy (non-hydrogen) atoms. The first-order valence-electron chi connectivity index (χ1n) is 8.88. The Labute approximate surface area is 148 Å². The highest BCUT2D eigenvalue weighted by atomic mass is 16.2. The maximum Gasteiger partial charge on any atom is 0.0726 e. The van der Waals surface area contributed by atoms with E-state index in [1.807, 2.05) is 6.07 Å². The van der Waals surface area contributed by atoms with Gasteiger partial charge in [-0.05, 0) is 55.0 Å². The predicted octanol–water partition coefficient (Wildman–Crippen LogP) is 4.52. The molecule has 4 rings (SSSR count). The molecule has 0 radical (unpaired) electrons. The number of aliphatic hydroxyl groups excluding tert-OH is 1. The van der Waals surface area contributed by atoms with Crippen LogP contribution in [0.5, 0.6) is 0 Å². The van der Waals surface area contributed by atoms with Crippen LogP contribution < -0.4 is 5.32 Å². The van der Waals surface area contributed by atoms with Crippen molar-refractivity contribution in [2.24, 2.45) is 0 Å². The zero-order valence-electron chi connectivity index (χ0n) is 14.2. The lowest BCUT2D eigenvalue weighted by molar-refractivity contribution is 0.299. The van der Waals surface area contributed by atoms with Gasteiger partial charge in [0.05, 0.1) is 5.69 Å². The zero-order chi connectivity index (χ0) is 17.1. The number of fused-ring (bicyclic) bond motifs is 1. The molecule has 0 saturated carbocycles. The van der Waals surface area contributed by atoms with Gasteiger partial charge in [0.25, 0.3) is 0 Å².